The lowest BCUT2D eigenvalue weighted by molar-refractivity contribution is 0.481. The van der Waals surface area contributed by atoms with E-state index in [0.29, 0.717) is 5.75 Å². The van der Waals surface area contributed by atoms with Crippen LogP contribution < -0.4 is 0 Å². The summed E-state index contributed by atoms with van der Waals surface area (Å²) < 4.78 is 22.8. The predicted molar refractivity (Wildman–Crippen MR) is 57.3 cm³/mol. The second kappa shape index (κ2) is 5.11. The van der Waals surface area contributed by atoms with E-state index in [0.717, 1.165) is 10.8 Å². The van der Waals surface area contributed by atoms with Gasteiger partial charge in [-0.2, -0.15) is 13.2 Å². The van der Waals surface area contributed by atoms with Gasteiger partial charge in [-0.3, -0.25) is 0 Å². The predicted octanol–water partition coefficient (Wildman–Crippen LogP) is 2.17. The Morgan fingerprint density at radius 2 is 1.53 bits per heavy atom. The van der Waals surface area contributed by atoms with Gasteiger partial charge in [-0.1, -0.05) is 36.4 Å². The van der Waals surface area contributed by atoms with E-state index in [1.165, 1.54) is 0 Å². The summed E-state index contributed by atoms with van der Waals surface area (Å²) in [6.45, 7) is 0. The lowest BCUT2D eigenvalue weighted by Crippen LogP contribution is -1.70. The molecule has 2 N–H and O–H groups in total. The molecule has 0 atom stereocenters. The third-order valence-corrected chi connectivity index (χ3v) is 1.77. The molecule has 2 aromatic rings. The quantitative estimate of drug-likeness (QED) is 0.718. The van der Waals surface area contributed by atoms with Crippen LogP contribution in [0.1, 0.15) is 0 Å². The minimum absolute atomic E-state index is 0.350. The fourth-order valence-corrected chi connectivity index (χ4v) is 1.21. The van der Waals surface area contributed by atoms with Crippen LogP contribution in [0.15, 0.2) is 42.5 Å². The fraction of sp³-hybridized carbons (Fsp3) is 0. The molecule has 0 amide bonds. The molecule has 0 aromatic heterocycles. The molecule has 0 saturated heterocycles. The zero-order chi connectivity index (χ0) is 11.3. The molecule has 0 fully saturated rings. The summed E-state index contributed by atoms with van der Waals surface area (Å²) in [4.78, 5) is 0. The number of hydrogen-bond acceptors (Lipinski definition) is 4. The highest BCUT2D eigenvalue weighted by molar-refractivity contribution is 7.60. The summed E-state index contributed by atoms with van der Waals surface area (Å²) in [7, 11) is -2.61. The molecule has 2 aromatic carbocycles. The van der Waals surface area contributed by atoms with E-state index >= 15 is 0 Å². The Morgan fingerprint density at radius 3 is 2.13 bits per heavy atom. The first-order valence-electron chi connectivity index (χ1n) is 4.08. The van der Waals surface area contributed by atoms with Crippen LogP contribution in [0.2, 0.25) is 0 Å². The summed E-state index contributed by atoms with van der Waals surface area (Å²) in [5.74, 6) is 0.350. The van der Waals surface area contributed by atoms with Gasteiger partial charge in [-0.05, 0) is 11.5 Å². The minimum Gasteiger partial charge on any atom is -0.507 e. The number of phenolic OH excluding ortho intramolecular Hbond substituents is 1. The van der Waals surface area contributed by atoms with Crippen LogP contribution >= 0.6 is 0 Å². The first-order valence-corrected chi connectivity index (χ1v) is 5.16. The number of rotatable bonds is 0. The third kappa shape index (κ3) is 3.40. The number of fused-ring (bicyclic) bond motifs is 1. The monoisotopic (exact) mass is 223 g/mol. The number of nitrogens with one attached hydrogen (secondary N) is 1. The van der Waals surface area contributed by atoms with Crippen molar-refractivity contribution >= 4 is 21.3 Å². The average molecular weight is 223 g/mol. The lowest BCUT2D eigenvalue weighted by Gasteiger charge is -1.97. The smallest absolute Gasteiger partial charge is 0.308 e. The van der Waals surface area contributed by atoms with Crippen molar-refractivity contribution in [1.82, 2.24) is 0 Å². The molecule has 78 valence electrons. The van der Waals surface area contributed by atoms with E-state index in [2.05, 4.69) is 0 Å². The van der Waals surface area contributed by atoms with Crippen molar-refractivity contribution in [3.8, 4) is 5.75 Å². The SMILES string of the molecule is N=S(=O)=O.Oc1cccc2ccccc12. The second-order valence-corrected chi connectivity index (χ2v) is 3.20. The first kappa shape index (κ1) is 11.2. The molecule has 15 heavy (non-hydrogen) atoms. The van der Waals surface area contributed by atoms with Crippen molar-refractivity contribution in [3.63, 3.8) is 0 Å². The molecular weight excluding hydrogens is 214 g/mol. The van der Waals surface area contributed by atoms with E-state index in [1.807, 2.05) is 36.4 Å². The topological polar surface area (TPSA) is 78.2 Å². The summed E-state index contributed by atoms with van der Waals surface area (Å²) in [5, 5.41) is 11.4. The van der Waals surface area contributed by atoms with Crippen LogP contribution in [0.25, 0.3) is 10.8 Å². The van der Waals surface area contributed by atoms with Crippen LogP contribution in [0.5, 0.6) is 5.75 Å². The van der Waals surface area contributed by atoms with Gasteiger partial charge in [0.05, 0.1) is 0 Å². The van der Waals surface area contributed by atoms with Crippen LogP contribution in [-0.2, 0) is 10.5 Å². The van der Waals surface area contributed by atoms with Crippen LogP contribution in [0.3, 0.4) is 0 Å². The van der Waals surface area contributed by atoms with Crippen molar-refractivity contribution in [2.75, 3.05) is 0 Å². The van der Waals surface area contributed by atoms with Gasteiger partial charge in [0.1, 0.15) is 5.75 Å². The van der Waals surface area contributed by atoms with Gasteiger partial charge in [0.25, 0.3) is 0 Å². The van der Waals surface area contributed by atoms with Crippen molar-refractivity contribution < 1.29 is 13.5 Å². The normalized spacial score (nSPS) is 9.07. The maximum absolute atomic E-state index is 9.37. The molecule has 0 saturated carbocycles. The maximum atomic E-state index is 9.37. The summed E-state index contributed by atoms with van der Waals surface area (Å²) in [6, 6.07) is 13.3. The molecule has 0 aliphatic carbocycles. The molecule has 0 spiro atoms. The van der Waals surface area contributed by atoms with Crippen molar-refractivity contribution in [2.45, 2.75) is 0 Å². The van der Waals surface area contributed by atoms with E-state index in [-0.39, 0.29) is 0 Å². The average Bonchev–Trinajstić information content (AvgIpc) is 2.18. The Kier molecular flexibility index (Phi) is 3.82. The summed E-state index contributed by atoms with van der Waals surface area (Å²) in [6.07, 6.45) is 0. The van der Waals surface area contributed by atoms with Gasteiger partial charge in [0, 0.05) is 5.39 Å². The van der Waals surface area contributed by atoms with E-state index in [9.17, 15) is 5.11 Å². The Labute approximate surface area is 88.3 Å². The van der Waals surface area contributed by atoms with Gasteiger partial charge in [-0.25, -0.2) is 0 Å². The number of benzene rings is 2. The molecule has 0 radical (unpaired) electrons. The fourth-order valence-electron chi connectivity index (χ4n) is 1.21. The Balaban J connectivity index is 0.000000245. The second-order valence-electron chi connectivity index (χ2n) is 2.73. The molecule has 2 rings (SSSR count). The molecule has 5 heteroatoms. The highest BCUT2D eigenvalue weighted by Gasteiger charge is 1.94. The van der Waals surface area contributed by atoms with Crippen LogP contribution in [0, 0.1) is 4.78 Å². The van der Waals surface area contributed by atoms with Gasteiger partial charge < -0.3 is 5.11 Å². The Bertz CT molecular complexity index is 551. The maximum Gasteiger partial charge on any atom is 0.308 e. The standard InChI is InChI=1S/C10H8O.HNO2S/c11-10-7-3-5-8-4-1-2-6-9(8)10;1-4(2)3/h1-7,11H;1H. The lowest BCUT2D eigenvalue weighted by atomic mass is 10.1. The molecule has 0 bridgehead atoms. The van der Waals surface area contributed by atoms with Crippen molar-refractivity contribution in [1.29, 1.82) is 4.78 Å². The van der Waals surface area contributed by atoms with E-state index in [1.54, 1.807) is 6.07 Å². The molecular formula is C10H9NO3S. The van der Waals surface area contributed by atoms with Gasteiger partial charge in [0.15, 0.2) is 0 Å². The first-order chi connectivity index (χ1) is 7.11. The summed E-state index contributed by atoms with van der Waals surface area (Å²) >= 11 is 0. The zero-order valence-corrected chi connectivity index (χ0v) is 8.53. The van der Waals surface area contributed by atoms with Crippen molar-refractivity contribution in [3.05, 3.63) is 42.5 Å². The zero-order valence-electron chi connectivity index (χ0n) is 7.71. The van der Waals surface area contributed by atoms with E-state index < -0.39 is 10.5 Å². The largest absolute Gasteiger partial charge is 0.507 e. The molecule has 0 unspecified atom stereocenters. The number of phenols is 1. The van der Waals surface area contributed by atoms with Gasteiger partial charge in [0.2, 0.25) is 0 Å². The van der Waals surface area contributed by atoms with E-state index in [4.69, 9.17) is 13.2 Å². The summed E-state index contributed by atoms with van der Waals surface area (Å²) in [5.41, 5.74) is 0. The number of hydrogen-bond donors (Lipinski definition) is 2. The van der Waals surface area contributed by atoms with Crippen LogP contribution in [-0.4, -0.2) is 13.5 Å². The highest BCUT2D eigenvalue weighted by atomic mass is 32.2. The number of aromatic hydroxyl groups is 1. The third-order valence-electron chi connectivity index (χ3n) is 1.77. The highest BCUT2D eigenvalue weighted by Crippen LogP contribution is 2.22. The molecule has 0 aliphatic rings. The molecule has 0 heterocycles. The Morgan fingerprint density at radius 1 is 1.00 bits per heavy atom. The Hall–Kier alpha value is -1.88. The van der Waals surface area contributed by atoms with Crippen molar-refractivity contribution in [2.24, 2.45) is 0 Å². The van der Waals surface area contributed by atoms with Gasteiger partial charge >= 0.3 is 10.5 Å². The molecule has 4 nitrogen and oxygen atoms in total. The minimum atomic E-state index is -2.61. The van der Waals surface area contributed by atoms with Crippen LogP contribution in [0.4, 0.5) is 0 Å². The van der Waals surface area contributed by atoms with Gasteiger partial charge in [-0.15, -0.1) is 0 Å². The molecule has 0 aliphatic heterocycles.